The molecule has 0 spiro atoms. The molecule has 1 nitrogen and oxygen atoms in total. The van der Waals surface area contributed by atoms with E-state index in [4.69, 9.17) is 11.6 Å². The van der Waals surface area contributed by atoms with Gasteiger partial charge in [-0.2, -0.15) is 0 Å². The van der Waals surface area contributed by atoms with E-state index in [1.54, 1.807) is 11.3 Å². The van der Waals surface area contributed by atoms with Crippen molar-refractivity contribution in [2.24, 2.45) is 0 Å². The molecule has 0 saturated heterocycles. The zero-order valence-electron chi connectivity index (χ0n) is 7.71. The van der Waals surface area contributed by atoms with Crippen LogP contribution in [0.2, 0.25) is 0 Å². The molecule has 2 aromatic rings. The van der Waals surface area contributed by atoms with Crippen molar-refractivity contribution in [1.82, 2.24) is 0 Å². The maximum absolute atomic E-state index is 10.7. The molecule has 0 aliphatic heterocycles. The van der Waals surface area contributed by atoms with Gasteiger partial charge in [-0.25, -0.2) is 0 Å². The van der Waals surface area contributed by atoms with E-state index < -0.39 is 0 Å². The summed E-state index contributed by atoms with van der Waals surface area (Å²) in [4.78, 5) is 10.7. The zero-order chi connectivity index (χ0) is 10.1. The minimum Gasteiger partial charge on any atom is -0.298 e. The summed E-state index contributed by atoms with van der Waals surface area (Å²) in [5, 5.41) is 3.30. The molecule has 72 valence electrons. The Labute approximate surface area is 91.3 Å². The first-order valence-electron chi connectivity index (χ1n) is 4.28. The Morgan fingerprint density at radius 1 is 1.50 bits per heavy atom. The number of aldehydes is 1. The smallest absolute Gasteiger partial charge is 0.150 e. The third-order valence-electron chi connectivity index (χ3n) is 2.24. The van der Waals surface area contributed by atoms with Gasteiger partial charge in [0.25, 0.3) is 0 Å². The van der Waals surface area contributed by atoms with Crippen LogP contribution in [0.25, 0.3) is 10.1 Å². The van der Waals surface area contributed by atoms with Crippen molar-refractivity contribution in [2.75, 3.05) is 0 Å². The van der Waals surface area contributed by atoms with Crippen molar-refractivity contribution >= 4 is 39.3 Å². The number of benzene rings is 1. The number of thiophene rings is 1. The molecule has 2 rings (SSSR count). The second-order valence-electron chi connectivity index (χ2n) is 3.22. The van der Waals surface area contributed by atoms with Crippen LogP contribution in [-0.2, 0) is 5.88 Å². The van der Waals surface area contributed by atoms with Crippen LogP contribution in [-0.4, -0.2) is 6.29 Å². The summed E-state index contributed by atoms with van der Waals surface area (Å²) in [5.74, 6) is 0.454. The van der Waals surface area contributed by atoms with Crippen LogP contribution in [0.4, 0.5) is 0 Å². The fourth-order valence-electron chi connectivity index (χ4n) is 1.62. The van der Waals surface area contributed by atoms with Crippen molar-refractivity contribution in [3.63, 3.8) is 0 Å². The maximum atomic E-state index is 10.7. The molecule has 1 aromatic heterocycles. The van der Waals surface area contributed by atoms with Crippen molar-refractivity contribution < 1.29 is 4.79 Å². The molecule has 0 unspecified atom stereocenters. The molecule has 0 radical (unpaired) electrons. The van der Waals surface area contributed by atoms with E-state index in [-0.39, 0.29) is 0 Å². The van der Waals surface area contributed by atoms with Gasteiger partial charge in [-0.3, -0.25) is 4.79 Å². The molecule has 0 saturated carbocycles. The molecule has 0 aliphatic carbocycles. The highest BCUT2D eigenvalue weighted by atomic mass is 35.5. The lowest BCUT2D eigenvalue weighted by Gasteiger charge is -2.01. The Morgan fingerprint density at radius 2 is 2.29 bits per heavy atom. The maximum Gasteiger partial charge on any atom is 0.150 e. The van der Waals surface area contributed by atoms with E-state index in [9.17, 15) is 4.79 Å². The van der Waals surface area contributed by atoms with E-state index in [0.29, 0.717) is 11.4 Å². The minimum absolute atomic E-state index is 0.454. The number of carbonyl (C=O) groups excluding carboxylic acids is 1. The van der Waals surface area contributed by atoms with Crippen LogP contribution in [0.1, 0.15) is 21.5 Å². The van der Waals surface area contributed by atoms with Crippen LogP contribution in [0.3, 0.4) is 0 Å². The second-order valence-corrected chi connectivity index (χ2v) is 4.40. The van der Waals surface area contributed by atoms with Gasteiger partial charge in [0.1, 0.15) is 6.29 Å². The van der Waals surface area contributed by atoms with Gasteiger partial charge in [-0.15, -0.1) is 22.9 Å². The molecule has 0 N–H and O–H groups in total. The van der Waals surface area contributed by atoms with Crippen molar-refractivity contribution in [1.29, 1.82) is 0 Å². The molecular formula is C11H9ClOS. The summed E-state index contributed by atoms with van der Waals surface area (Å²) in [6.45, 7) is 2.06. The third-order valence-corrected chi connectivity index (χ3v) is 3.58. The number of aryl methyl sites for hydroxylation is 1. The average Bonchev–Trinajstić information content (AvgIpc) is 2.59. The van der Waals surface area contributed by atoms with Crippen LogP contribution in [0, 0.1) is 6.92 Å². The molecule has 1 heterocycles. The first-order chi connectivity index (χ1) is 6.76. The fraction of sp³-hybridized carbons (Fsp3) is 0.182. The first-order valence-corrected chi connectivity index (χ1v) is 5.69. The highest BCUT2D eigenvalue weighted by molar-refractivity contribution is 7.17. The summed E-state index contributed by atoms with van der Waals surface area (Å²) in [7, 11) is 0. The van der Waals surface area contributed by atoms with Crippen LogP contribution >= 0.6 is 22.9 Å². The lowest BCUT2D eigenvalue weighted by Crippen LogP contribution is -1.86. The molecule has 0 bridgehead atoms. The highest BCUT2D eigenvalue weighted by Crippen LogP contribution is 2.30. The predicted molar refractivity (Wildman–Crippen MR) is 61.5 cm³/mol. The Hall–Kier alpha value is -0.860. The zero-order valence-corrected chi connectivity index (χ0v) is 9.28. The standard InChI is InChI=1S/C11H9ClOS/c1-7-6-14-10-3-8(5-13)2-9(4-12)11(7)10/h2-3,5-6H,4H2,1H3. The van der Waals surface area contributed by atoms with E-state index in [2.05, 4.69) is 12.3 Å². The van der Waals surface area contributed by atoms with Crippen LogP contribution in [0.5, 0.6) is 0 Å². The van der Waals surface area contributed by atoms with Crippen molar-refractivity contribution in [3.8, 4) is 0 Å². The number of rotatable bonds is 2. The third kappa shape index (κ3) is 1.45. The van der Waals surface area contributed by atoms with E-state index in [0.717, 1.165) is 16.5 Å². The SMILES string of the molecule is Cc1csc2cc(C=O)cc(CCl)c12. The Kier molecular flexibility index (Phi) is 2.57. The van der Waals surface area contributed by atoms with Gasteiger partial charge in [0.15, 0.2) is 0 Å². The highest BCUT2D eigenvalue weighted by Gasteiger charge is 2.07. The molecule has 14 heavy (non-hydrogen) atoms. The van der Waals surface area contributed by atoms with Gasteiger partial charge in [0, 0.05) is 16.1 Å². The number of halogens is 1. The van der Waals surface area contributed by atoms with Crippen LogP contribution < -0.4 is 0 Å². The van der Waals surface area contributed by atoms with E-state index in [1.807, 2.05) is 12.1 Å². The normalized spacial score (nSPS) is 10.7. The van der Waals surface area contributed by atoms with Crippen LogP contribution in [0.15, 0.2) is 17.5 Å². The summed E-state index contributed by atoms with van der Waals surface area (Å²) in [5.41, 5.74) is 2.98. The van der Waals surface area contributed by atoms with Gasteiger partial charge in [-0.05, 0) is 40.9 Å². The van der Waals surface area contributed by atoms with Gasteiger partial charge in [0.2, 0.25) is 0 Å². The number of hydrogen-bond acceptors (Lipinski definition) is 2. The van der Waals surface area contributed by atoms with Crippen molar-refractivity contribution in [3.05, 3.63) is 34.2 Å². The number of carbonyl (C=O) groups is 1. The first kappa shape index (κ1) is 9.69. The largest absolute Gasteiger partial charge is 0.298 e. The Bertz CT molecular complexity index is 487. The summed E-state index contributed by atoms with van der Waals surface area (Å²) >= 11 is 7.51. The Morgan fingerprint density at radius 3 is 2.93 bits per heavy atom. The van der Waals surface area contributed by atoms with Gasteiger partial charge < -0.3 is 0 Å². The average molecular weight is 225 g/mol. The monoisotopic (exact) mass is 224 g/mol. The van der Waals surface area contributed by atoms with Gasteiger partial charge >= 0.3 is 0 Å². The molecule has 0 atom stereocenters. The quantitative estimate of drug-likeness (QED) is 0.561. The molecule has 0 aliphatic rings. The number of fused-ring (bicyclic) bond motifs is 1. The second kappa shape index (κ2) is 3.71. The van der Waals surface area contributed by atoms with E-state index in [1.165, 1.54) is 10.9 Å². The molecule has 1 aromatic carbocycles. The number of alkyl halides is 1. The topological polar surface area (TPSA) is 17.1 Å². The lowest BCUT2D eigenvalue weighted by molar-refractivity contribution is 0.112. The predicted octanol–water partition coefficient (Wildman–Crippen LogP) is 3.76. The van der Waals surface area contributed by atoms with E-state index >= 15 is 0 Å². The number of hydrogen-bond donors (Lipinski definition) is 0. The molecule has 0 amide bonds. The van der Waals surface area contributed by atoms with Gasteiger partial charge in [-0.1, -0.05) is 0 Å². The van der Waals surface area contributed by atoms with Gasteiger partial charge in [0.05, 0.1) is 0 Å². The summed E-state index contributed by atoms with van der Waals surface area (Å²) < 4.78 is 1.14. The summed E-state index contributed by atoms with van der Waals surface area (Å²) in [6.07, 6.45) is 0.866. The van der Waals surface area contributed by atoms with Crippen molar-refractivity contribution in [2.45, 2.75) is 12.8 Å². The molecule has 0 fully saturated rings. The Balaban J connectivity index is 2.82. The molecular weight excluding hydrogens is 216 g/mol. The fourth-order valence-corrected chi connectivity index (χ4v) is 2.87. The molecule has 3 heteroatoms. The minimum atomic E-state index is 0.454. The summed E-state index contributed by atoms with van der Waals surface area (Å²) in [6, 6.07) is 3.78. The lowest BCUT2D eigenvalue weighted by atomic mass is 10.1.